The summed E-state index contributed by atoms with van der Waals surface area (Å²) in [5.41, 5.74) is 5.86. The maximum absolute atomic E-state index is 11.6. The summed E-state index contributed by atoms with van der Waals surface area (Å²) >= 11 is 0. The van der Waals surface area contributed by atoms with Crippen molar-refractivity contribution in [3.8, 4) is 22.4 Å². The number of aromatic nitrogens is 9. The number of rotatable bonds is 6. The van der Waals surface area contributed by atoms with Gasteiger partial charge in [-0.25, -0.2) is 24.6 Å². The van der Waals surface area contributed by atoms with E-state index in [9.17, 15) is 4.79 Å². The van der Waals surface area contributed by atoms with Gasteiger partial charge < -0.3 is 19.4 Å². The zero-order valence-electron chi connectivity index (χ0n) is 24.1. The van der Waals surface area contributed by atoms with E-state index in [2.05, 4.69) is 54.5 Å². The first-order valence-electron chi connectivity index (χ1n) is 14.3. The molecule has 1 aromatic carbocycles. The molecule has 0 saturated carbocycles. The number of carbonyl (C=O) groups excluding carboxylic acids is 1. The first-order chi connectivity index (χ1) is 21.0. The molecule has 4 aromatic heterocycles. The van der Waals surface area contributed by atoms with Crippen molar-refractivity contribution in [1.29, 1.82) is 0 Å². The Bertz CT molecular complexity index is 1720. The van der Waals surface area contributed by atoms with Crippen molar-refractivity contribution < 1.29 is 9.53 Å². The zero-order chi connectivity index (χ0) is 29.3. The lowest BCUT2D eigenvalue weighted by atomic mass is 10.1. The molecule has 14 nitrogen and oxygen atoms in total. The predicted molar refractivity (Wildman–Crippen MR) is 159 cm³/mol. The Hall–Kier alpha value is -4.98. The fourth-order valence-corrected chi connectivity index (χ4v) is 5.55. The van der Waals surface area contributed by atoms with E-state index in [1.54, 1.807) is 28.7 Å². The molecule has 0 radical (unpaired) electrons. The number of hydrogen-bond donors (Lipinski definition) is 0. The molecule has 2 aliphatic heterocycles. The van der Waals surface area contributed by atoms with Crippen molar-refractivity contribution in [2.75, 3.05) is 55.7 Å². The van der Waals surface area contributed by atoms with Crippen LogP contribution in [0.1, 0.15) is 6.92 Å². The van der Waals surface area contributed by atoms with Crippen LogP contribution in [0.5, 0.6) is 0 Å². The van der Waals surface area contributed by atoms with Crippen LogP contribution in [0.3, 0.4) is 0 Å². The third-order valence-electron chi connectivity index (χ3n) is 7.96. The summed E-state index contributed by atoms with van der Waals surface area (Å²) in [5.74, 6) is 0.805. The third-order valence-corrected chi connectivity index (χ3v) is 7.96. The lowest BCUT2D eigenvalue weighted by molar-refractivity contribution is -0.129. The molecular formula is C29H32N12O2. The van der Waals surface area contributed by atoms with Crippen LogP contribution in [0.15, 0.2) is 55.2 Å². The molecule has 6 heterocycles. The Morgan fingerprint density at radius 3 is 2.42 bits per heavy atom. The van der Waals surface area contributed by atoms with Gasteiger partial charge in [0.15, 0.2) is 5.65 Å². The molecule has 2 aliphatic rings. The van der Waals surface area contributed by atoms with Gasteiger partial charge in [0.25, 0.3) is 0 Å². The molecule has 0 spiro atoms. The number of nitrogens with zero attached hydrogens (tertiary/aromatic N) is 12. The van der Waals surface area contributed by atoms with Crippen LogP contribution in [0.25, 0.3) is 33.7 Å². The van der Waals surface area contributed by atoms with Gasteiger partial charge in [-0.3, -0.25) is 9.48 Å². The minimum atomic E-state index is -0.143. The average Bonchev–Trinajstić information content (AvgIpc) is 3.67. The summed E-state index contributed by atoms with van der Waals surface area (Å²) in [6.45, 7) is 7.16. The molecule has 0 aliphatic carbocycles. The Balaban J connectivity index is 0.997. The maximum Gasteiger partial charge on any atom is 0.225 e. The highest BCUT2D eigenvalue weighted by atomic mass is 16.5. The maximum atomic E-state index is 11.6. The molecule has 14 heteroatoms. The van der Waals surface area contributed by atoms with Crippen molar-refractivity contribution in [1.82, 2.24) is 49.6 Å². The molecular weight excluding hydrogens is 548 g/mol. The lowest BCUT2D eigenvalue weighted by Gasteiger charge is -2.35. The smallest absolute Gasteiger partial charge is 0.225 e. The van der Waals surface area contributed by atoms with Crippen LogP contribution in [0.2, 0.25) is 0 Å². The molecule has 43 heavy (non-hydrogen) atoms. The van der Waals surface area contributed by atoms with E-state index in [1.165, 1.54) is 0 Å². The van der Waals surface area contributed by atoms with Crippen molar-refractivity contribution in [2.45, 2.75) is 19.6 Å². The minimum absolute atomic E-state index is 0.139. The summed E-state index contributed by atoms with van der Waals surface area (Å²) in [6, 6.07) is 8.44. The summed E-state index contributed by atoms with van der Waals surface area (Å²) < 4.78 is 9.54. The van der Waals surface area contributed by atoms with Gasteiger partial charge in [-0.1, -0.05) is 17.3 Å². The van der Waals surface area contributed by atoms with E-state index in [4.69, 9.17) is 19.7 Å². The number of carbonyl (C=O) groups is 1. The van der Waals surface area contributed by atoms with Gasteiger partial charge in [0.2, 0.25) is 17.5 Å². The van der Waals surface area contributed by atoms with Crippen LogP contribution in [-0.4, -0.2) is 107 Å². The van der Waals surface area contributed by atoms with Crippen molar-refractivity contribution in [3.05, 3.63) is 55.2 Å². The fourth-order valence-electron chi connectivity index (χ4n) is 5.55. The molecule has 2 saturated heterocycles. The van der Waals surface area contributed by atoms with Crippen LogP contribution < -0.4 is 9.80 Å². The quantitative estimate of drug-likeness (QED) is 0.290. The predicted octanol–water partition coefficient (Wildman–Crippen LogP) is 1.65. The van der Waals surface area contributed by atoms with Crippen LogP contribution in [0.4, 0.5) is 11.6 Å². The standard InChI is InChI=1S/C29H32N12O2/c1-20(42)38-7-9-39(10-8-38)24-5-3-21(4-6-24)22-13-31-29(32-14-22)40-11-12-43-25(18-40)19-41-28-27(35-36-41)30-16-26(34-28)23-15-33-37(2)17-23/h3-6,13-17,25H,7-12,18-19H2,1-2H3/t25-/m0/s1. The second-order valence-electron chi connectivity index (χ2n) is 10.8. The van der Waals surface area contributed by atoms with Gasteiger partial charge in [0.1, 0.15) is 0 Å². The molecule has 5 aromatic rings. The van der Waals surface area contributed by atoms with E-state index in [1.807, 2.05) is 30.5 Å². The summed E-state index contributed by atoms with van der Waals surface area (Å²) in [7, 11) is 1.87. The topological polar surface area (TPSA) is 136 Å². The molecule has 1 atom stereocenters. The van der Waals surface area contributed by atoms with Gasteiger partial charge in [-0.05, 0) is 17.7 Å². The Kier molecular flexibility index (Phi) is 7.10. The first kappa shape index (κ1) is 26.9. The van der Waals surface area contributed by atoms with Crippen molar-refractivity contribution in [3.63, 3.8) is 0 Å². The Morgan fingerprint density at radius 1 is 0.907 bits per heavy atom. The van der Waals surface area contributed by atoms with Gasteiger partial charge in [-0.2, -0.15) is 5.10 Å². The minimum Gasteiger partial charge on any atom is -0.373 e. The SMILES string of the molecule is CC(=O)N1CCN(c2ccc(-c3cnc(N4CCO[C@H](Cn5nnc6ncc(-c7cnn(C)c7)nc65)C4)nc3)cc2)CC1. The van der Waals surface area contributed by atoms with Gasteiger partial charge in [0.05, 0.1) is 37.3 Å². The second kappa shape index (κ2) is 11.4. The summed E-state index contributed by atoms with van der Waals surface area (Å²) in [5, 5.41) is 12.7. The number of aryl methyl sites for hydroxylation is 1. The number of amides is 1. The van der Waals surface area contributed by atoms with Gasteiger partial charge in [-0.15, -0.1) is 5.10 Å². The number of anilines is 2. The van der Waals surface area contributed by atoms with Crippen LogP contribution in [-0.2, 0) is 23.1 Å². The van der Waals surface area contributed by atoms with Crippen LogP contribution >= 0.6 is 0 Å². The molecule has 0 bridgehead atoms. The van der Waals surface area contributed by atoms with E-state index in [0.29, 0.717) is 49.2 Å². The number of fused-ring (bicyclic) bond motifs is 1. The largest absolute Gasteiger partial charge is 0.373 e. The monoisotopic (exact) mass is 580 g/mol. The third kappa shape index (κ3) is 5.60. The summed E-state index contributed by atoms with van der Waals surface area (Å²) in [4.78, 5) is 36.5. The Morgan fingerprint density at radius 2 is 1.70 bits per heavy atom. The lowest BCUT2D eigenvalue weighted by Crippen LogP contribution is -2.48. The van der Waals surface area contributed by atoms with E-state index in [-0.39, 0.29) is 12.0 Å². The normalized spacial score (nSPS) is 17.5. The molecule has 7 rings (SSSR count). The molecule has 0 N–H and O–H groups in total. The van der Waals surface area contributed by atoms with Crippen LogP contribution in [0, 0.1) is 0 Å². The van der Waals surface area contributed by atoms with Gasteiger partial charge >= 0.3 is 0 Å². The first-order valence-corrected chi connectivity index (χ1v) is 14.3. The highest BCUT2D eigenvalue weighted by molar-refractivity contribution is 5.74. The van der Waals surface area contributed by atoms with E-state index in [0.717, 1.165) is 48.6 Å². The van der Waals surface area contributed by atoms with Gasteiger partial charge in [0, 0.05) is 88.6 Å². The number of piperazine rings is 1. The Labute approximate surface area is 247 Å². The van der Waals surface area contributed by atoms with Crippen molar-refractivity contribution in [2.24, 2.45) is 7.05 Å². The van der Waals surface area contributed by atoms with E-state index >= 15 is 0 Å². The van der Waals surface area contributed by atoms with Crippen molar-refractivity contribution >= 4 is 28.8 Å². The zero-order valence-corrected chi connectivity index (χ0v) is 24.1. The molecule has 2 fully saturated rings. The molecule has 1 amide bonds. The number of morpholine rings is 1. The fraction of sp³-hybridized carbons (Fsp3) is 0.379. The highest BCUT2D eigenvalue weighted by Gasteiger charge is 2.25. The highest BCUT2D eigenvalue weighted by Crippen LogP contribution is 2.25. The average molecular weight is 581 g/mol. The number of hydrogen-bond acceptors (Lipinski definition) is 11. The molecule has 0 unspecified atom stereocenters. The number of ether oxygens (including phenoxy) is 1. The molecule has 220 valence electrons. The number of benzene rings is 1. The van der Waals surface area contributed by atoms with E-state index < -0.39 is 0 Å². The summed E-state index contributed by atoms with van der Waals surface area (Å²) in [6.07, 6.45) is 8.93. The second-order valence-corrected chi connectivity index (χ2v) is 10.8.